The number of aromatic carboxylic acids is 1. The van der Waals surface area contributed by atoms with Crippen LogP contribution >= 0.6 is 0 Å². The van der Waals surface area contributed by atoms with Crippen molar-refractivity contribution < 1.29 is 19.0 Å². The summed E-state index contributed by atoms with van der Waals surface area (Å²) in [6.45, 7) is 0. The Hall–Kier alpha value is -2.36. The average molecular weight is 246 g/mol. The molecule has 0 fully saturated rings. The fourth-order valence-electron chi connectivity index (χ4n) is 1.73. The maximum absolute atomic E-state index is 13.7. The number of carboxylic acids is 1. The molecule has 0 amide bonds. The number of ether oxygens (including phenoxy) is 1. The van der Waals surface area contributed by atoms with Gasteiger partial charge in [0.25, 0.3) is 0 Å². The van der Waals surface area contributed by atoms with E-state index in [1.165, 1.54) is 31.4 Å². The maximum Gasteiger partial charge on any atom is 0.335 e. The summed E-state index contributed by atoms with van der Waals surface area (Å²) in [5.74, 6) is -1.04. The summed E-state index contributed by atoms with van der Waals surface area (Å²) in [7, 11) is 1.46. The molecule has 0 aliphatic heterocycles. The zero-order valence-electron chi connectivity index (χ0n) is 9.68. The van der Waals surface area contributed by atoms with Crippen molar-refractivity contribution in [2.45, 2.75) is 0 Å². The highest BCUT2D eigenvalue weighted by atomic mass is 19.1. The molecule has 0 aliphatic rings. The monoisotopic (exact) mass is 246 g/mol. The Labute approximate surface area is 103 Å². The fourth-order valence-corrected chi connectivity index (χ4v) is 1.73. The smallest absolute Gasteiger partial charge is 0.335 e. The van der Waals surface area contributed by atoms with Crippen LogP contribution in [0.5, 0.6) is 5.75 Å². The molecular weight excluding hydrogens is 235 g/mol. The lowest BCUT2D eigenvalue weighted by Crippen LogP contribution is -1.98. The highest BCUT2D eigenvalue weighted by molar-refractivity contribution is 5.90. The summed E-state index contributed by atoms with van der Waals surface area (Å²) in [5.41, 5.74) is 0.835. The van der Waals surface area contributed by atoms with Gasteiger partial charge in [-0.25, -0.2) is 9.18 Å². The van der Waals surface area contributed by atoms with Gasteiger partial charge >= 0.3 is 5.97 Å². The predicted octanol–water partition coefficient (Wildman–Crippen LogP) is 3.20. The molecule has 0 radical (unpaired) electrons. The van der Waals surface area contributed by atoms with Crippen LogP contribution < -0.4 is 4.74 Å². The number of benzene rings is 2. The Balaban J connectivity index is 2.64. The maximum atomic E-state index is 13.7. The number of carbonyl (C=O) groups is 1. The van der Waals surface area contributed by atoms with Gasteiger partial charge in [-0.15, -0.1) is 0 Å². The summed E-state index contributed by atoms with van der Waals surface area (Å²) < 4.78 is 18.9. The van der Waals surface area contributed by atoms with E-state index in [1.54, 1.807) is 18.2 Å². The quantitative estimate of drug-likeness (QED) is 0.904. The first-order valence-corrected chi connectivity index (χ1v) is 5.29. The molecule has 0 saturated heterocycles. The third kappa shape index (κ3) is 2.18. The Morgan fingerprint density at radius 3 is 2.50 bits per heavy atom. The molecular formula is C14H11FO3. The van der Waals surface area contributed by atoms with Gasteiger partial charge in [-0.3, -0.25) is 0 Å². The Kier molecular flexibility index (Phi) is 3.28. The molecule has 0 bridgehead atoms. The van der Waals surface area contributed by atoms with Crippen LogP contribution in [0.15, 0.2) is 42.5 Å². The van der Waals surface area contributed by atoms with Crippen molar-refractivity contribution in [1.82, 2.24) is 0 Å². The SMILES string of the molecule is COc1ccc(C(=O)O)cc1-c1ccccc1F. The third-order valence-corrected chi connectivity index (χ3v) is 2.61. The molecule has 0 heterocycles. The second-order valence-corrected chi connectivity index (χ2v) is 3.70. The van der Waals surface area contributed by atoms with Gasteiger partial charge < -0.3 is 9.84 Å². The standard InChI is InChI=1S/C14H11FO3/c1-18-13-7-6-9(14(16)17)8-11(13)10-4-2-3-5-12(10)15/h2-8H,1H3,(H,16,17). The lowest BCUT2D eigenvalue weighted by atomic mass is 10.0. The largest absolute Gasteiger partial charge is 0.496 e. The first-order valence-electron chi connectivity index (χ1n) is 5.29. The molecule has 2 aromatic rings. The molecule has 0 aliphatic carbocycles. The van der Waals surface area contributed by atoms with E-state index in [-0.39, 0.29) is 5.56 Å². The van der Waals surface area contributed by atoms with Gasteiger partial charge in [0, 0.05) is 11.1 Å². The molecule has 2 aromatic carbocycles. The highest BCUT2D eigenvalue weighted by Gasteiger charge is 2.13. The van der Waals surface area contributed by atoms with E-state index in [2.05, 4.69) is 0 Å². The third-order valence-electron chi connectivity index (χ3n) is 2.61. The summed E-state index contributed by atoms with van der Waals surface area (Å²) >= 11 is 0. The molecule has 0 atom stereocenters. The number of rotatable bonds is 3. The molecule has 0 aromatic heterocycles. The highest BCUT2D eigenvalue weighted by Crippen LogP contribution is 2.32. The van der Waals surface area contributed by atoms with E-state index in [0.29, 0.717) is 16.9 Å². The van der Waals surface area contributed by atoms with Crippen LogP contribution in [0.2, 0.25) is 0 Å². The van der Waals surface area contributed by atoms with Gasteiger partial charge in [0.05, 0.1) is 12.7 Å². The Morgan fingerprint density at radius 2 is 1.89 bits per heavy atom. The lowest BCUT2D eigenvalue weighted by molar-refractivity contribution is 0.0697. The van der Waals surface area contributed by atoms with Gasteiger partial charge in [0.15, 0.2) is 0 Å². The summed E-state index contributed by atoms with van der Waals surface area (Å²) in [6.07, 6.45) is 0. The van der Waals surface area contributed by atoms with Crippen molar-refractivity contribution in [3.05, 3.63) is 53.8 Å². The van der Waals surface area contributed by atoms with E-state index in [0.717, 1.165) is 0 Å². The normalized spacial score (nSPS) is 10.1. The molecule has 1 N–H and O–H groups in total. The summed E-state index contributed by atoms with van der Waals surface area (Å²) in [5, 5.41) is 8.95. The van der Waals surface area contributed by atoms with Gasteiger partial charge in [-0.05, 0) is 24.3 Å². The van der Waals surface area contributed by atoms with Gasteiger partial charge in [-0.2, -0.15) is 0 Å². The second-order valence-electron chi connectivity index (χ2n) is 3.70. The molecule has 18 heavy (non-hydrogen) atoms. The predicted molar refractivity (Wildman–Crippen MR) is 65.3 cm³/mol. The van der Waals surface area contributed by atoms with Crippen molar-refractivity contribution in [2.75, 3.05) is 7.11 Å². The molecule has 92 valence electrons. The summed E-state index contributed by atoms with van der Waals surface area (Å²) in [4.78, 5) is 10.9. The first-order chi connectivity index (χ1) is 8.63. The Bertz CT molecular complexity index is 593. The van der Waals surface area contributed by atoms with Crippen molar-refractivity contribution >= 4 is 5.97 Å². The molecule has 0 saturated carbocycles. The van der Waals surface area contributed by atoms with E-state index < -0.39 is 11.8 Å². The second kappa shape index (κ2) is 4.87. The Morgan fingerprint density at radius 1 is 1.17 bits per heavy atom. The van der Waals surface area contributed by atoms with Crippen LogP contribution in [-0.4, -0.2) is 18.2 Å². The topological polar surface area (TPSA) is 46.5 Å². The fraction of sp³-hybridized carbons (Fsp3) is 0.0714. The average Bonchev–Trinajstić information content (AvgIpc) is 2.38. The molecule has 2 rings (SSSR count). The molecule has 3 nitrogen and oxygen atoms in total. The van der Waals surface area contributed by atoms with Crippen LogP contribution in [-0.2, 0) is 0 Å². The summed E-state index contributed by atoms with van der Waals surface area (Å²) in [6, 6.07) is 10.5. The number of carboxylic acid groups (broad SMARTS) is 1. The number of methoxy groups -OCH3 is 1. The first kappa shape index (κ1) is 12.1. The van der Waals surface area contributed by atoms with Crippen molar-refractivity contribution in [2.24, 2.45) is 0 Å². The molecule has 4 heteroatoms. The minimum absolute atomic E-state index is 0.0917. The lowest BCUT2D eigenvalue weighted by Gasteiger charge is -2.10. The van der Waals surface area contributed by atoms with Crippen LogP contribution in [0.3, 0.4) is 0 Å². The minimum atomic E-state index is -1.06. The minimum Gasteiger partial charge on any atom is -0.496 e. The van der Waals surface area contributed by atoms with Crippen molar-refractivity contribution in [3.8, 4) is 16.9 Å². The van der Waals surface area contributed by atoms with E-state index in [1.807, 2.05) is 0 Å². The zero-order chi connectivity index (χ0) is 13.1. The number of hydrogen-bond donors (Lipinski definition) is 1. The van der Waals surface area contributed by atoms with Gasteiger partial charge in [0.2, 0.25) is 0 Å². The van der Waals surface area contributed by atoms with Crippen LogP contribution in [0.1, 0.15) is 10.4 Å². The van der Waals surface area contributed by atoms with Crippen molar-refractivity contribution in [1.29, 1.82) is 0 Å². The van der Waals surface area contributed by atoms with E-state index in [9.17, 15) is 9.18 Å². The zero-order valence-corrected chi connectivity index (χ0v) is 9.68. The van der Waals surface area contributed by atoms with E-state index >= 15 is 0 Å². The van der Waals surface area contributed by atoms with Crippen molar-refractivity contribution in [3.63, 3.8) is 0 Å². The number of hydrogen-bond acceptors (Lipinski definition) is 2. The van der Waals surface area contributed by atoms with Gasteiger partial charge in [0.1, 0.15) is 11.6 Å². The molecule has 0 spiro atoms. The van der Waals surface area contributed by atoms with Gasteiger partial charge in [-0.1, -0.05) is 18.2 Å². The number of halogens is 1. The van der Waals surface area contributed by atoms with Crippen LogP contribution in [0.25, 0.3) is 11.1 Å². The molecule has 0 unspecified atom stereocenters. The van der Waals surface area contributed by atoms with E-state index in [4.69, 9.17) is 9.84 Å². The van der Waals surface area contributed by atoms with Crippen LogP contribution in [0, 0.1) is 5.82 Å². The van der Waals surface area contributed by atoms with Crippen LogP contribution in [0.4, 0.5) is 4.39 Å².